The molecule has 0 aliphatic carbocycles. The molecule has 94 valence electrons. The Bertz CT molecular complexity index is 387. The van der Waals surface area contributed by atoms with Crippen LogP contribution in [0.2, 0.25) is 0 Å². The zero-order valence-corrected chi connectivity index (χ0v) is 10.8. The van der Waals surface area contributed by atoms with Gasteiger partial charge in [-0.25, -0.2) is 0 Å². The van der Waals surface area contributed by atoms with E-state index >= 15 is 0 Å². The minimum atomic E-state index is -0.359. The molecule has 0 bridgehead atoms. The maximum atomic E-state index is 11.5. The van der Waals surface area contributed by atoms with Crippen molar-refractivity contribution in [2.75, 3.05) is 20.3 Å². The van der Waals surface area contributed by atoms with Crippen molar-refractivity contribution in [1.29, 1.82) is 0 Å². The van der Waals surface area contributed by atoms with Gasteiger partial charge < -0.3 is 15.2 Å². The molecule has 0 spiro atoms. The fraction of sp³-hybridized carbons (Fsp3) is 0.417. The topological polar surface area (TPSA) is 58.6 Å². The van der Waals surface area contributed by atoms with Crippen LogP contribution in [0, 0.1) is 6.92 Å². The minimum Gasteiger partial charge on any atom is -0.394 e. The number of ether oxygens (including phenoxy) is 1. The number of thiophene rings is 1. The monoisotopic (exact) mass is 255 g/mol. The molecule has 1 aromatic heterocycles. The first-order chi connectivity index (χ1) is 8.15. The van der Waals surface area contributed by atoms with Crippen LogP contribution in [0.3, 0.4) is 0 Å². The molecule has 1 atom stereocenters. The molecule has 0 saturated heterocycles. The molecule has 0 fully saturated rings. The van der Waals surface area contributed by atoms with Crippen LogP contribution in [-0.2, 0) is 9.53 Å². The lowest BCUT2D eigenvalue weighted by Crippen LogP contribution is -2.39. The number of carbonyl (C=O) groups excluding carboxylic acids is 1. The number of aliphatic hydroxyl groups is 1. The van der Waals surface area contributed by atoms with Gasteiger partial charge in [-0.1, -0.05) is 0 Å². The number of amides is 1. The standard InChI is InChI=1S/C12H17NO3S/c1-9-3-4-11(17-9)5-6-12(15)13-10(7-14)8-16-2/h3-6,10,14H,7-8H2,1-2H3,(H,13,15)/b6-5+. The maximum Gasteiger partial charge on any atom is 0.244 e. The smallest absolute Gasteiger partial charge is 0.244 e. The molecule has 2 N–H and O–H groups in total. The van der Waals surface area contributed by atoms with E-state index < -0.39 is 0 Å². The first kappa shape index (κ1) is 13.9. The zero-order valence-electron chi connectivity index (χ0n) is 9.97. The largest absolute Gasteiger partial charge is 0.394 e. The molecule has 0 aliphatic rings. The molecule has 1 aromatic rings. The van der Waals surface area contributed by atoms with Crippen molar-refractivity contribution >= 4 is 23.3 Å². The molecule has 1 unspecified atom stereocenters. The predicted octanol–water partition coefficient (Wildman–Crippen LogP) is 1.19. The zero-order chi connectivity index (χ0) is 12.7. The summed E-state index contributed by atoms with van der Waals surface area (Å²) < 4.78 is 4.87. The molecule has 17 heavy (non-hydrogen) atoms. The first-order valence-corrected chi connectivity index (χ1v) is 6.12. The van der Waals surface area contributed by atoms with Crippen LogP contribution >= 0.6 is 11.3 Å². The molecule has 1 amide bonds. The van der Waals surface area contributed by atoms with E-state index in [2.05, 4.69) is 5.32 Å². The maximum absolute atomic E-state index is 11.5. The summed E-state index contributed by atoms with van der Waals surface area (Å²) in [6.45, 7) is 2.18. The van der Waals surface area contributed by atoms with E-state index in [0.29, 0.717) is 6.61 Å². The van der Waals surface area contributed by atoms with Gasteiger partial charge in [0.15, 0.2) is 0 Å². The number of nitrogens with one attached hydrogen (secondary N) is 1. The Kier molecular flexibility index (Phi) is 5.90. The van der Waals surface area contributed by atoms with E-state index in [4.69, 9.17) is 9.84 Å². The number of hydrogen-bond donors (Lipinski definition) is 2. The second kappa shape index (κ2) is 7.21. The second-order valence-electron chi connectivity index (χ2n) is 3.63. The Labute approximate surface area is 105 Å². The van der Waals surface area contributed by atoms with Gasteiger partial charge in [0.1, 0.15) is 0 Å². The van der Waals surface area contributed by atoms with E-state index in [0.717, 1.165) is 4.88 Å². The van der Waals surface area contributed by atoms with Gasteiger partial charge in [-0.3, -0.25) is 4.79 Å². The Morgan fingerprint density at radius 3 is 2.94 bits per heavy atom. The summed E-state index contributed by atoms with van der Waals surface area (Å²) in [6.07, 6.45) is 3.22. The van der Waals surface area contributed by atoms with Crippen molar-refractivity contribution in [2.24, 2.45) is 0 Å². The fourth-order valence-corrected chi connectivity index (χ4v) is 2.07. The van der Waals surface area contributed by atoms with Crippen LogP contribution < -0.4 is 5.32 Å². The van der Waals surface area contributed by atoms with E-state index in [9.17, 15) is 4.79 Å². The summed E-state index contributed by atoms with van der Waals surface area (Å²) in [5, 5.41) is 11.6. The fourth-order valence-electron chi connectivity index (χ4n) is 1.29. The molecule has 0 aromatic carbocycles. The van der Waals surface area contributed by atoms with Gasteiger partial charge in [-0.2, -0.15) is 0 Å². The van der Waals surface area contributed by atoms with Gasteiger partial charge in [0.05, 0.1) is 19.3 Å². The molecular formula is C12H17NO3S. The predicted molar refractivity (Wildman–Crippen MR) is 69.0 cm³/mol. The summed E-state index contributed by atoms with van der Waals surface area (Å²) in [5.41, 5.74) is 0. The lowest BCUT2D eigenvalue weighted by Gasteiger charge is -2.13. The van der Waals surface area contributed by atoms with E-state index in [1.54, 1.807) is 17.4 Å². The van der Waals surface area contributed by atoms with Crippen molar-refractivity contribution in [3.05, 3.63) is 28.0 Å². The van der Waals surface area contributed by atoms with E-state index in [-0.39, 0.29) is 18.6 Å². The SMILES string of the molecule is COCC(CO)NC(=O)/C=C/c1ccc(C)s1. The molecule has 4 nitrogen and oxygen atoms in total. The van der Waals surface area contributed by atoms with Crippen LogP contribution in [0.15, 0.2) is 18.2 Å². The summed E-state index contributed by atoms with van der Waals surface area (Å²) >= 11 is 1.62. The third-order valence-electron chi connectivity index (χ3n) is 2.09. The van der Waals surface area contributed by atoms with Gasteiger partial charge in [0.2, 0.25) is 5.91 Å². The van der Waals surface area contributed by atoms with Crippen LogP contribution in [0.5, 0.6) is 0 Å². The Balaban J connectivity index is 2.45. The lowest BCUT2D eigenvalue weighted by molar-refractivity contribution is -0.117. The number of carbonyl (C=O) groups is 1. The summed E-state index contributed by atoms with van der Waals surface area (Å²) in [4.78, 5) is 13.7. The number of aliphatic hydroxyl groups excluding tert-OH is 1. The van der Waals surface area contributed by atoms with E-state index in [1.807, 2.05) is 19.1 Å². The Hall–Kier alpha value is -1.17. The molecular weight excluding hydrogens is 238 g/mol. The van der Waals surface area contributed by atoms with Gasteiger partial charge >= 0.3 is 0 Å². The first-order valence-electron chi connectivity index (χ1n) is 5.30. The van der Waals surface area contributed by atoms with Gasteiger partial charge in [0, 0.05) is 22.9 Å². The minimum absolute atomic E-state index is 0.133. The van der Waals surface area contributed by atoms with E-state index in [1.165, 1.54) is 18.1 Å². The highest BCUT2D eigenvalue weighted by molar-refractivity contribution is 7.12. The summed E-state index contributed by atoms with van der Waals surface area (Å²) in [7, 11) is 1.53. The second-order valence-corrected chi connectivity index (χ2v) is 4.94. The number of aryl methyl sites for hydroxylation is 1. The van der Waals surface area contributed by atoms with Gasteiger partial charge in [-0.05, 0) is 25.1 Å². The van der Waals surface area contributed by atoms with Crippen molar-refractivity contribution in [2.45, 2.75) is 13.0 Å². The highest BCUT2D eigenvalue weighted by Crippen LogP contribution is 2.16. The van der Waals surface area contributed by atoms with Crippen molar-refractivity contribution in [1.82, 2.24) is 5.32 Å². The lowest BCUT2D eigenvalue weighted by atomic mass is 10.3. The molecule has 0 radical (unpaired) electrons. The van der Waals surface area contributed by atoms with Crippen molar-refractivity contribution in [3.63, 3.8) is 0 Å². The average Bonchev–Trinajstić information content (AvgIpc) is 2.72. The molecule has 5 heteroatoms. The van der Waals surface area contributed by atoms with Crippen LogP contribution in [-0.4, -0.2) is 37.4 Å². The highest BCUT2D eigenvalue weighted by atomic mass is 32.1. The molecule has 1 rings (SSSR count). The third-order valence-corrected chi connectivity index (χ3v) is 3.06. The third kappa shape index (κ3) is 5.12. The van der Waals surface area contributed by atoms with Gasteiger partial charge in [-0.15, -0.1) is 11.3 Å². The number of rotatable bonds is 6. The molecule has 0 saturated carbocycles. The number of methoxy groups -OCH3 is 1. The summed E-state index contributed by atoms with van der Waals surface area (Å²) in [6, 6.07) is 3.61. The normalized spacial score (nSPS) is 12.9. The summed E-state index contributed by atoms with van der Waals surface area (Å²) in [5.74, 6) is -0.229. The quantitative estimate of drug-likeness (QED) is 0.751. The van der Waals surface area contributed by atoms with Crippen molar-refractivity contribution in [3.8, 4) is 0 Å². The van der Waals surface area contributed by atoms with Gasteiger partial charge in [0.25, 0.3) is 0 Å². The Morgan fingerprint density at radius 2 is 2.41 bits per heavy atom. The highest BCUT2D eigenvalue weighted by Gasteiger charge is 2.08. The van der Waals surface area contributed by atoms with Crippen LogP contribution in [0.25, 0.3) is 6.08 Å². The van der Waals surface area contributed by atoms with Crippen molar-refractivity contribution < 1.29 is 14.6 Å². The average molecular weight is 255 g/mol. The molecule has 1 heterocycles. The number of hydrogen-bond acceptors (Lipinski definition) is 4. The Morgan fingerprint density at radius 1 is 1.65 bits per heavy atom. The molecule has 0 aliphatic heterocycles. The van der Waals surface area contributed by atoms with Crippen LogP contribution in [0.4, 0.5) is 0 Å². The van der Waals surface area contributed by atoms with Crippen LogP contribution in [0.1, 0.15) is 9.75 Å².